The van der Waals surface area contributed by atoms with Crippen LogP contribution in [0.25, 0.3) is 0 Å². The van der Waals surface area contributed by atoms with Gasteiger partial charge in [0.15, 0.2) is 0 Å². The van der Waals surface area contributed by atoms with Gasteiger partial charge in [-0.05, 0) is 71.0 Å². The van der Waals surface area contributed by atoms with Crippen molar-refractivity contribution >= 4 is 28.3 Å². The summed E-state index contributed by atoms with van der Waals surface area (Å²) < 4.78 is 6.99. The topological polar surface area (TPSA) is 35.2 Å². The normalized spacial score (nSPS) is 10.2. The van der Waals surface area contributed by atoms with Gasteiger partial charge in [-0.1, -0.05) is 12.1 Å². The first-order valence-electron chi connectivity index (χ1n) is 5.38. The Morgan fingerprint density at radius 2 is 1.82 bits per heavy atom. The molecule has 0 atom stereocenters. The van der Waals surface area contributed by atoms with Crippen LogP contribution < -0.4 is 10.5 Å². The Balaban J connectivity index is 2.04. The van der Waals surface area contributed by atoms with Gasteiger partial charge >= 0.3 is 0 Å². The molecule has 0 fully saturated rings. The molecular formula is C14H14INO. The van der Waals surface area contributed by atoms with Crippen LogP contribution in [-0.4, -0.2) is 0 Å². The third-order valence-electron chi connectivity index (χ3n) is 2.51. The van der Waals surface area contributed by atoms with E-state index in [2.05, 4.69) is 46.9 Å². The Kier molecular flexibility index (Phi) is 3.89. The molecule has 0 bridgehead atoms. The molecule has 0 heterocycles. The lowest BCUT2D eigenvalue weighted by Gasteiger charge is -2.09. The van der Waals surface area contributed by atoms with E-state index in [1.165, 1.54) is 9.13 Å². The third-order valence-corrected chi connectivity index (χ3v) is 3.23. The summed E-state index contributed by atoms with van der Waals surface area (Å²) in [5.74, 6) is 0.887. The monoisotopic (exact) mass is 339 g/mol. The van der Waals surface area contributed by atoms with Crippen molar-refractivity contribution in [3.05, 3.63) is 57.2 Å². The first-order valence-corrected chi connectivity index (χ1v) is 6.46. The Bertz CT molecular complexity index is 508. The van der Waals surface area contributed by atoms with Crippen LogP contribution in [0, 0.1) is 10.5 Å². The Hall–Kier alpha value is -1.23. The third kappa shape index (κ3) is 3.36. The number of anilines is 1. The summed E-state index contributed by atoms with van der Waals surface area (Å²) in [5, 5.41) is 0. The second-order valence-electron chi connectivity index (χ2n) is 3.94. The number of halogens is 1. The summed E-state index contributed by atoms with van der Waals surface area (Å²) >= 11 is 2.29. The van der Waals surface area contributed by atoms with Crippen LogP contribution in [0.2, 0.25) is 0 Å². The molecule has 17 heavy (non-hydrogen) atoms. The molecule has 0 amide bonds. The molecular weight excluding hydrogens is 325 g/mol. The van der Waals surface area contributed by atoms with Gasteiger partial charge in [0.25, 0.3) is 0 Å². The van der Waals surface area contributed by atoms with Crippen LogP contribution in [0.1, 0.15) is 11.1 Å². The Labute approximate surface area is 115 Å². The number of nitrogens with two attached hydrogens (primary N) is 1. The number of rotatable bonds is 3. The Morgan fingerprint density at radius 3 is 2.47 bits per heavy atom. The van der Waals surface area contributed by atoms with Crippen LogP contribution in [0.4, 0.5) is 5.69 Å². The highest BCUT2D eigenvalue weighted by Gasteiger charge is 2.00. The highest BCUT2D eigenvalue weighted by molar-refractivity contribution is 14.1. The fourth-order valence-corrected chi connectivity index (χ4v) is 1.94. The number of benzene rings is 2. The Morgan fingerprint density at radius 1 is 1.12 bits per heavy atom. The first kappa shape index (κ1) is 12.2. The maximum Gasteiger partial charge on any atom is 0.122 e. The van der Waals surface area contributed by atoms with E-state index >= 15 is 0 Å². The number of aryl methyl sites for hydroxylation is 1. The lowest BCUT2D eigenvalue weighted by molar-refractivity contribution is 0.304. The second-order valence-corrected chi connectivity index (χ2v) is 5.19. The van der Waals surface area contributed by atoms with E-state index in [1.807, 2.05) is 25.1 Å². The summed E-state index contributed by atoms with van der Waals surface area (Å²) in [7, 11) is 0. The van der Waals surface area contributed by atoms with Gasteiger partial charge in [-0.2, -0.15) is 0 Å². The van der Waals surface area contributed by atoms with Gasteiger partial charge < -0.3 is 10.5 Å². The SMILES string of the molecule is Cc1cc(N)ccc1OCc1ccc(I)cc1. The predicted molar refractivity (Wildman–Crippen MR) is 79.1 cm³/mol. The van der Waals surface area contributed by atoms with Crippen molar-refractivity contribution in [1.82, 2.24) is 0 Å². The van der Waals surface area contributed by atoms with Crippen LogP contribution in [-0.2, 0) is 6.61 Å². The molecule has 2 nitrogen and oxygen atoms in total. The molecule has 0 aliphatic rings. The minimum Gasteiger partial charge on any atom is -0.489 e. The molecule has 0 radical (unpaired) electrons. The van der Waals surface area contributed by atoms with Crippen molar-refractivity contribution in [2.75, 3.05) is 5.73 Å². The van der Waals surface area contributed by atoms with E-state index in [0.29, 0.717) is 6.61 Å². The lowest BCUT2D eigenvalue weighted by atomic mass is 10.2. The molecule has 88 valence electrons. The van der Waals surface area contributed by atoms with Crippen molar-refractivity contribution in [1.29, 1.82) is 0 Å². The molecule has 2 aromatic carbocycles. The zero-order valence-corrected chi connectivity index (χ0v) is 11.8. The zero-order chi connectivity index (χ0) is 12.3. The van der Waals surface area contributed by atoms with Crippen molar-refractivity contribution in [2.24, 2.45) is 0 Å². The van der Waals surface area contributed by atoms with Gasteiger partial charge in [-0.3, -0.25) is 0 Å². The van der Waals surface area contributed by atoms with Gasteiger partial charge in [-0.15, -0.1) is 0 Å². The largest absolute Gasteiger partial charge is 0.489 e. The average molecular weight is 339 g/mol. The van der Waals surface area contributed by atoms with E-state index in [1.54, 1.807) is 0 Å². The van der Waals surface area contributed by atoms with E-state index < -0.39 is 0 Å². The average Bonchev–Trinajstić information content (AvgIpc) is 2.30. The predicted octanol–water partition coefficient (Wildman–Crippen LogP) is 3.76. The molecule has 0 saturated carbocycles. The maximum absolute atomic E-state index is 5.76. The van der Waals surface area contributed by atoms with E-state index in [9.17, 15) is 0 Å². The highest BCUT2D eigenvalue weighted by atomic mass is 127. The number of hydrogen-bond donors (Lipinski definition) is 1. The molecule has 0 aromatic heterocycles. The van der Waals surface area contributed by atoms with Crippen LogP contribution in [0.3, 0.4) is 0 Å². The van der Waals surface area contributed by atoms with E-state index in [4.69, 9.17) is 10.5 Å². The minimum atomic E-state index is 0.585. The van der Waals surface area contributed by atoms with Gasteiger partial charge in [0.2, 0.25) is 0 Å². The first-order chi connectivity index (χ1) is 8.15. The molecule has 0 unspecified atom stereocenters. The van der Waals surface area contributed by atoms with Crippen molar-refractivity contribution in [3.8, 4) is 5.75 Å². The fraction of sp³-hybridized carbons (Fsp3) is 0.143. The van der Waals surface area contributed by atoms with Crippen LogP contribution in [0.15, 0.2) is 42.5 Å². The second kappa shape index (κ2) is 5.40. The van der Waals surface area contributed by atoms with Crippen LogP contribution in [0.5, 0.6) is 5.75 Å². The van der Waals surface area contributed by atoms with E-state index in [-0.39, 0.29) is 0 Å². The maximum atomic E-state index is 5.76. The quantitative estimate of drug-likeness (QED) is 0.683. The summed E-state index contributed by atoms with van der Waals surface area (Å²) in [5.41, 5.74) is 8.70. The summed E-state index contributed by atoms with van der Waals surface area (Å²) in [6.07, 6.45) is 0. The molecule has 0 aliphatic heterocycles. The van der Waals surface area contributed by atoms with Gasteiger partial charge in [0.1, 0.15) is 12.4 Å². The summed E-state index contributed by atoms with van der Waals surface area (Å²) in [4.78, 5) is 0. The molecule has 2 N–H and O–H groups in total. The molecule has 2 aromatic rings. The molecule has 0 aliphatic carbocycles. The molecule has 3 heteroatoms. The standard InChI is InChI=1S/C14H14INO/c1-10-8-13(16)6-7-14(10)17-9-11-2-4-12(15)5-3-11/h2-8H,9,16H2,1H3. The number of nitrogen functional groups attached to an aromatic ring is 1. The van der Waals surface area contributed by atoms with Gasteiger partial charge in [0, 0.05) is 9.26 Å². The van der Waals surface area contributed by atoms with E-state index in [0.717, 1.165) is 17.0 Å². The van der Waals surface area contributed by atoms with Crippen LogP contribution >= 0.6 is 22.6 Å². The highest BCUT2D eigenvalue weighted by Crippen LogP contribution is 2.21. The molecule has 2 rings (SSSR count). The van der Waals surface area contributed by atoms with Gasteiger partial charge in [0.05, 0.1) is 0 Å². The number of hydrogen-bond acceptors (Lipinski definition) is 2. The van der Waals surface area contributed by atoms with Gasteiger partial charge in [-0.25, -0.2) is 0 Å². The minimum absolute atomic E-state index is 0.585. The number of ether oxygens (including phenoxy) is 1. The van der Waals surface area contributed by atoms with Crippen molar-refractivity contribution < 1.29 is 4.74 Å². The smallest absolute Gasteiger partial charge is 0.122 e. The zero-order valence-electron chi connectivity index (χ0n) is 9.61. The lowest BCUT2D eigenvalue weighted by Crippen LogP contribution is -1.97. The van der Waals surface area contributed by atoms with Crippen molar-refractivity contribution in [2.45, 2.75) is 13.5 Å². The summed E-state index contributed by atoms with van der Waals surface area (Å²) in [6, 6.07) is 14.0. The molecule has 0 saturated heterocycles. The van der Waals surface area contributed by atoms with Crippen molar-refractivity contribution in [3.63, 3.8) is 0 Å². The molecule has 0 spiro atoms. The summed E-state index contributed by atoms with van der Waals surface area (Å²) in [6.45, 7) is 2.58. The fourth-order valence-electron chi connectivity index (χ4n) is 1.58.